The number of fused-ring (bicyclic) bond motifs is 1. The van der Waals surface area contributed by atoms with E-state index in [4.69, 9.17) is 21.3 Å². The standard InChI is InChI=1S/C22H23ClN6O3S/c23-14-7-25-18(26-8-14)13-4-21(5-13)9-29(10-21)20-15(6-24)16-17(33(31)12-32-16)19(27-20)28-22(11-30)2-1-3-22/h7-8,13,30H,1-5,9-12H2,(H,27,28). The van der Waals surface area contributed by atoms with Crippen LogP contribution in [0, 0.1) is 16.7 Å². The Morgan fingerprint density at radius 1 is 1.33 bits per heavy atom. The van der Waals surface area contributed by atoms with Gasteiger partial charge in [-0.05, 0) is 32.1 Å². The molecule has 2 aromatic heterocycles. The third-order valence-corrected chi connectivity index (χ3v) is 8.81. The third-order valence-electron chi connectivity index (χ3n) is 7.45. The molecule has 3 fully saturated rings. The molecule has 0 amide bonds. The summed E-state index contributed by atoms with van der Waals surface area (Å²) in [5.41, 5.74) is 0.0490. The third kappa shape index (κ3) is 3.28. The zero-order chi connectivity index (χ0) is 22.8. The van der Waals surface area contributed by atoms with Gasteiger partial charge >= 0.3 is 0 Å². The van der Waals surface area contributed by atoms with Crippen molar-refractivity contribution in [3.63, 3.8) is 0 Å². The monoisotopic (exact) mass is 486 g/mol. The van der Waals surface area contributed by atoms with Crippen LogP contribution in [0.2, 0.25) is 5.02 Å². The van der Waals surface area contributed by atoms with Crippen molar-refractivity contribution < 1.29 is 14.1 Å². The number of anilines is 2. The first-order chi connectivity index (χ1) is 15.9. The Morgan fingerprint density at radius 2 is 2.06 bits per heavy atom. The number of nitrogens with one attached hydrogen (secondary N) is 1. The lowest BCUT2D eigenvalue weighted by Crippen LogP contribution is -2.62. The van der Waals surface area contributed by atoms with Crippen molar-refractivity contribution in [2.75, 3.05) is 35.9 Å². The molecule has 1 unspecified atom stereocenters. The van der Waals surface area contributed by atoms with Crippen molar-refractivity contribution >= 4 is 34.0 Å². The van der Waals surface area contributed by atoms with Gasteiger partial charge in [0.1, 0.15) is 28.2 Å². The highest BCUT2D eigenvalue weighted by molar-refractivity contribution is 7.85. The average Bonchev–Trinajstić information content (AvgIpc) is 3.11. The molecule has 11 heteroatoms. The zero-order valence-electron chi connectivity index (χ0n) is 17.9. The molecular formula is C22H23ClN6O3S. The number of nitriles is 1. The molecular weight excluding hydrogens is 464 g/mol. The Kier molecular flexibility index (Phi) is 4.80. The predicted molar refractivity (Wildman–Crippen MR) is 122 cm³/mol. The van der Waals surface area contributed by atoms with E-state index in [2.05, 4.69) is 26.3 Å². The highest BCUT2D eigenvalue weighted by Crippen LogP contribution is 2.57. The van der Waals surface area contributed by atoms with Gasteiger partial charge < -0.3 is 20.1 Å². The summed E-state index contributed by atoms with van der Waals surface area (Å²) >= 11 is 5.90. The van der Waals surface area contributed by atoms with Crippen LogP contribution in [0.15, 0.2) is 17.3 Å². The summed E-state index contributed by atoms with van der Waals surface area (Å²) in [5.74, 6) is 2.54. The molecule has 4 heterocycles. The number of ether oxygens (including phenoxy) is 1. The predicted octanol–water partition coefficient (Wildman–Crippen LogP) is 2.57. The second kappa shape index (κ2) is 7.52. The minimum absolute atomic E-state index is 0.0165. The van der Waals surface area contributed by atoms with E-state index < -0.39 is 16.3 Å². The maximum atomic E-state index is 12.7. The fraction of sp³-hybridized carbons (Fsp3) is 0.545. The summed E-state index contributed by atoms with van der Waals surface area (Å²) in [7, 11) is -1.40. The van der Waals surface area contributed by atoms with E-state index in [1.54, 1.807) is 12.4 Å². The largest absolute Gasteiger partial charge is 0.477 e. The minimum Gasteiger partial charge on any atom is -0.477 e. The second-order valence-electron chi connectivity index (χ2n) is 9.67. The van der Waals surface area contributed by atoms with Crippen LogP contribution < -0.4 is 15.0 Å². The zero-order valence-corrected chi connectivity index (χ0v) is 19.5. The van der Waals surface area contributed by atoms with E-state index >= 15 is 0 Å². The summed E-state index contributed by atoms with van der Waals surface area (Å²) < 4.78 is 18.3. The number of pyridine rings is 1. The van der Waals surface area contributed by atoms with Crippen LogP contribution in [0.5, 0.6) is 5.75 Å². The molecule has 2 aliphatic carbocycles. The first-order valence-corrected chi connectivity index (χ1v) is 12.8. The van der Waals surface area contributed by atoms with Gasteiger partial charge in [-0.3, -0.25) is 4.21 Å². The van der Waals surface area contributed by atoms with Crippen LogP contribution in [0.25, 0.3) is 0 Å². The molecule has 1 spiro atoms. The average molecular weight is 487 g/mol. The summed E-state index contributed by atoms with van der Waals surface area (Å²) in [6, 6.07) is 2.23. The number of aliphatic hydroxyl groups is 1. The lowest BCUT2D eigenvalue weighted by Gasteiger charge is -2.59. The topological polar surface area (TPSA) is 124 Å². The lowest BCUT2D eigenvalue weighted by molar-refractivity contribution is 0.0589. The number of aromatic nitrogens is 3. The molecule has 2 saturated carbocycles. The molecule has 2 aromatic rings. The van der Waals surface area contributed by atoms with Gasteiger partial charge in [-0.15, -0.1) is 0 Å². The highest BCUT2D eigenvalue weighted by atomic mass is 35.5. The number of nitrogens with zero attached hydrogens (tertiary/aromatic N) is 5. The van der Waals surface area contributed by atoms with Crippen LogP contribution in [0.3, 0.4) is 0 Å². The molecule has 0 aromatic carbocycles. The molecule has 2 N–H and O–H groups in total. The fourth-order valence-corrected chi connectivity index (χ4v) is 6.64. The van der Waals surface area contributed by atoms with Crippen molar-refractivity contribution in [1.29, 1.82) is 5.26 Å². The van der Waals surface area contributed by atoms with E-state index in [-0.39, 0.29) is 18.0 Å². The maximum absolute atomic E-state index is 12.7. The van der Waals surface area contributed by atoms with Crippen molar-refractivity contribution in [1.82, 2.24) is 15.0 Å². The minimum atomic E-state index is -1.40. The van der Waals surface area contributed by atoms with Gasteiger partial charge in [0.25, 0.3) is 0 Å². The fourth-order valence-electron chi connectivity index (χ4n) is 5.52. The second-order valence-corrected chi connectivity index (χ2v) is 11.4. The normalized spacial score (nSPS) is 24.2. The molecule has 1 saturated heterocycles. The van der Waals surface area contributed by atoms with Gasteiger partial charge in [0.15, 0.2) is 17.5 Å². The van der Waals surface area contributed by atoms with Crippen molar-refractivity contribution in [3.8, 4) is 11.8 Å². The van der Waals surface area contributed by atoms with Crippen LogP contribution in [-0.4, -0.2) is 55.4 Å². The molecule has 33 heavy (non-hydrogen) atoms. The Labute approximate surface area is 198 Å². The van der Waals surface area contributed by atoms with Crippen molar-refractivity contribution in [2.45, 2.75) is 48.5 Å². The summed E-state index contributed by atoms with van der Waals surface area (Å²) in [6.45, 7) is 1.55. The van der Waals surface area contributed by atoms with Gasteiger partial charge in [-0.25, -0.2) is 15.0 Å². The van der Waals surface area contributed by atoms with Crippen LogP contribution in [-0.2, 0) is 10.8 Å². The smallest absolute Gasteiger partial charge is 0.168 e. The summed E-state index contributed by atoms with van der Waals surface area (Å²) in [6.07, 6.45) is 7.90. The van der Waals surface area contributed by atoms with E-state index in [1.165, 1.54) is 0 Å². The Bertz CT molecular complexity index is 1180. The van der Waals surface area contributed by atoms with Gasteiger partial charge in [0.05, 0.1) is 28.0 Å². The number of hydrogen-bond acceptors (Lipinski definition) is 9. The van der Waals surface area contributed by atoms with E-state index in [9.17, 15) is 14.6 Å². The molecule has 2 aliphatic heterocycles. The van der Waals surface area contributed by atoms with Gasteiger partial charge in [-0.1, -0.05) is 11.6 Å². The number of aliphatic hydroxyl groups excluding tert-OH is 1. The summed E-state index contributed by atoms with van der Waals surface area (Å²) in [5, 5.41) is 23.7. The van der Waals surface area contributed by atoms with Gasteiger partial charge in [-0.2, -0.15) is 5.26 Å². The van der Waals surface area contributed by atoms with Crippen molar-refractivity contribution in [3.05, 3.63) is 28.8 Å². The number of hydrogen-bond donors (Lipinski definition) is 2. The molecule has 1 atom stereocenters. The van der Waals surface area contributed by atoms with Crippen LogP contribution in [0.1, 0.15) is 49.4 Å². The SMILES string of the molecule is N#Cc1c(N2CC3(CC(c4ncc(Cl)cn4)C3)C2)nc(NC2(CO)CCC2)c2c1OCS2=O. The molecule has 9 nitrogen and oxygen atoms in total. The Balaban J connectivity index is 1.25. The Hall–Kier alpha value is -2.48. The first kappa shape index (κ1) is 21.1. The molecule has 4 aliphatic rings. The van der Waals surface area contributed by atoms with Crippen LogP contribution >= 0.6 is 11.6 Å². The van der Waals surface area contributed by atoms with Gasteiger partial charge in [0, 0.05) is 36.8 Å². The Morgan fingerprint density at radius 3 is 2.67 bits per heavy atom. The van der Waals surface area contributed by atoms with E-state index in [0.717, 1.165) is 51.0 Å². The highest BCUT2D eigenvalue weighted by Gasteiger charge is 2.54. The van der Waals surface area contributed by atoms with Gasteiger partial charge in [0.2, 0.25) is 0 Å². The molecule has 0 bridgehead atoms. The summed E-state index contributed by atoms with van der Waals surface area (Å²) in [4.78, 5) is 16.0. The molecule has 0 radical (unpaired) electrons. The first-order valence-electron chi connectivity index (χ1n) is 11.1. The van der Waals surface area contributed by atoms with Crippen molar-refractivity contribution in [2.24, 2.45) is 5.41 Å². The number of halogens is 1. The van der Waals surface area contributed by atoms with E-state index in [0.29, 0.717) is 38.8 Å². The lowest BCUT2D eigenvalue weighted by atomic mass is 9.57. The molecule has 6 rings (SSSR count). The maximum Gasteiger partial charge on any atom is 0.168 e. The number of rotatable bonds is 5. The molecule has 172 valence electrons. The van der Waals surface area contributed by atoms with E-state index in [1.807, 2.05) is 0 Å². The quantitative estimate of drug-likeness (QED) is 0.655. The van der Waals surface area contributed by atoms with Crippen LogP contribution in [0.4, 0.5) is 11.6 Å².